The lowest BCUT2D eigenvalue weighted by Gasteiger charge is -2.31. The summed E-state index contributed by atoms with van der Waals surface area (Å²) in [5, 5.41) is 1.18. The highest BCUT2D eigenvalue weighted by atomic mass is 32.1. The van der Waals surface area contributed by atoms with Crippen LogP contribution in [0, 0.1) is 0 Å². The number of hydrogen-bond acceptors (Lipinski definition) is 5. The summed E-state index contributed by atoms with van der Waals surface area (Å²) in [5.74, 6) is 0.145. The molecule has 2 fully saturated rings. The molecule has 4 rings (SSSR count). The molecule has 3 heterocycles. The van der Waals surface area contributed by atoms with Gasteiger partial charge in [0.15, 0.2) is 0 Å². The Morgan fingerprint density at radius 2 is 1.81 bits per heavy atom. The van der Waals surface area contributed by atoms with Crippen molar-refractivity contribution in [3.63, 3.8) is 0 Å². The van der Waals surface area contributed by atoms with Crippen molar-refractivity contribution in [2.75, 3.05) is 51.4 Å². The molecule has 0 spiro atoms. The Morgan fingerprint density at radius 3 is 2.48 bits per heavy atom. The largest absolute Gasteiger partial charge is 0.381 e. The minimum absolute atomic E-state index is 0.145. The number of rotatable bonds is 4. The number of nitrogens with zero attached hydrogens (tertiary/aromatic N) is 2. The molecule has 0 atom stereocenters. The number of anilines is 1. The summed E-state index contributed by atoms with van der Waals surface area (Å²) in [6, 6.07) is 12.4. The Morgan fingerprint density at radius 1 is 1.11 bits per heavy atom. The van der Waals surface area contributed by atoms with Crippen molar-refractivity contribution in [2.45, 2.75) is 18.9 Å². The van der Waals surface area contributed by atoms with E-state index in [-0.39, 0.29) is 12.0 Å². The van der Waals surface area contributed by atoms with Crippen LogP contribution in [-0.2, 0) is 9.47 Å². The van der Waals surface area contributed by atoms with E-state index >= 15 is 0 Å². The summed E-state index contributed by atoms with van der Waals surface area (Å²) in [7, 11) is 1.75. The highest BCUT2D eigenvalue weighted by Crippen LogP contribution is 2.40. The van der Waals surface area contributed by atoms with Gasteiger partial charge in [0.2, 0.25) is 0 Å². The number of methoxy groups -OCH3 is 1. The minimum Gasteiger partial charge on any atom is -0.381 e. The van der Waals surface area contributed by atoms with Crippen LogP contribution in [0.1, 0.15) is 22.5 Å². The molecule has 0 N–H and O–H groups in total. The van der Waals surface area contributed by atoms with Gasteiger partial charge in [-0.15, -0.1) is 11.3 Å². The van der Waals surface area contributed by atoms with E-state index in [4.69, 9.17) is 9.47 Å². The number of piperidine rings is 1. The van der Waals surface area contributed by atoms with Gasteiger partial charge < -0.3 is 19.3 Å². The second-order valence-corrected chi connectivity index (χ2v) is 8.05. The normalized spacial score (nSPS) is 18.7. The highest BCUT2D eigenvalue weighted by molar-refractivity contribution is 7.18. The van der Waals surface area contributed by atoms with Crippen molar-refractivity contribution < 1.29 is 14.3 Å². The first kappa shape index (κ1) is 18.5. The van der Waals surface area contributed by atoms with Gasteiger partial charge in [0.1, 0.15) is 0 Å². The third kappa shape index (κ3) is 4.03. The van der Waals surface area contributed by atoms with Crippen LogP contribution in [0.3, 0.4) is 0 Å². The molecule has 27 heavy (non-hydrogen) atoms. The fourth-order valence-corrected chi connectivity index (χ4v) is 4.96. The van der Waals surface area contributed by atoms with E-state index in [0.717, 1.165) is 68.2 Å². The Balaban J connectivity index is 1.61. The number of thiophene rings is 1. The number of likely N-dealkylation sites (tertiary alicyclic amines) is 1. The van der Waals surface area contributed by atoms with Gasteiger partial charge in [0, 0.05) is 38.9 Å². The summed E-state index contributed by atoms with van der Waals surface area (Å²) >= 11 is 1.62. The van der Waals surface area contributed by atoms with Gasteiger partial charge in [-0.1, -0.05) is 30.3 Å². The number of benzene rings is 1. The topological polar surface area (TPSA) is 42.0 Å². The van der Waals surface area contributed by atoms with E-state index in [0.29, 0.717) is 0 Å². The first-order chi connectivity index (χ1) is 13.3. The molecule has 0 aliphatic carbocycles. The van der Waals surface area contributed by atoms with Gasteiger partial charge in [-0.05, 0) is 24.5 Å². The van der Waals surface area contributed by atoms with Gasteiger partial charge in [-0.3, -0.25) is 4.79 Å². The van der Waals surface area contributed by atoms with Crippen LogP contribution in [0.15, 0.2) is 36.4 Å². The van der Waals surface area contributed by atoms with Crippen LogP contribution in [0.4, 0.5) is 5.00 Å². The molecular formula is C21H26N2O3S. The summed E-state index contributed by atoms with van der Waals surface area (Å²) < 4.78 is 10.9. The predicted molar refractivity (Wildman–Crippen MR) is 109 cm³/mol. The summed E-state index contributed by atoms with van der Waals surface area (Å²) in [6.45, 7) is 4.74. The molecule has 0 bridgehead atoms. The first-order valence-corrected chi connectivity index (χ1v) is 10.4. The zero-order chi connectivity index (χ0) is 18.6. The Bertz CT molecular complexity index is 763. The molecule has 6 heteroatoms. The number of amides is 1. The van der Waals surface area contributed by atoms with E-state index in [1.165, 1.54) is 5.00 Å². The average molecular weight is 387 g/mol. The third-order valence-electron chi connectivity index (χ3n) is 5.37. The molecule has 2 aliphatic heterocycles. The van der Waals surface area contributed by atoms with Gasteiger partial charge >= 0.3 is 0 Å². The van der Waals surface area contributed by atoms with Gasteiger partial charge in [0.05, 0.1) is 29.2 Å². The quantitative estimate of drug-likeness (QED) is 0.807. The molecule has 144 valence electrons. The number of ether oxygens (including phenoxy) is 2. The SMILES string of the molecule is COC1CCN(C(=O)c2cc(-c3ccccc3)c(N3CCOCC3)s2)CC1. The molecule has 1 aromatic carbocycles. The van der Waals surface area contributed by atoms with Gasteiger partial charge in [-0.25, -0.2) is 0 Å². The molecule has 1 amide bonds. The van der Waals surface area contributed by atoms with Crippen LogP contribution in [0.2, 0.25) is 0 Å². The maximum Gasteiger partial charge on any atom is 0.264 e. The first-order valence-electron chi connectivity index (χ1n) is 9.60. The standard InChI is InChI=1S/C21H26N2O3S/c1-25-17-7-9-22(10-8-17)20(24)19-15-18(16-5-3-2-4-6-16)21(27-19)23-11-13-26-14-12-23/h2-6,15,17H,7-14H2,1H3. The molecule has 5 nitrogen and oxygen atoms in total. The molecule has 2 aliphatic rings. The van der Waals surface area contributed by atoms with E-state index in [9.17, 15) is 4.79 Å². The minimum atomic E-state index is 0.145. The monoisotopic (exact) mass is 386 g/mol. The van der Waals surface area contributed by atoms with Crippen molar-refractivity contribution in [3.05, 3.63) is 41.3 Å². The molecule has 0 radical (unpaired) electrons. The number of morpholine rings is 1. The summed E-state index contributed by atoms with van der Waals surface area (Å²) in [4.78, 5) is 18.3. The van der Waals surface area contributed by atoms with Crippen molar-refractivity contribution in [1.82, 2.24) is 4.90 Å². The molecule has 1 aromatic heterocycles. The van der Waals surface area contributed by atoms with Crippen molar-refractivity contribution >= 4 is 22.2 Å². The predicted octanol–water partition coefficient (Wildman–Crippen LogP) is 3.50. The second kappa shape index (κ2) is 8.42. The molecule has 0 unspecified atom stereocenters. The average Bonchev–Trinajstić information content (AvgIpc) is 3.20. The van der Waals surface area contributed by atoms with Crippen LogP contribution >= 0.6 is 11.3 Å². The maximum atomic E-state index is 13.1. The van der Waals surface area contributed by atoms with Crippen LogP contribution in [-0.4, -0.2) is 63.4 Å². The molecule has 0 saturated carbocycles. The number of carbonyl (C=O) groups is 1. The second-order valence-electron chi connectivity index (χ2n) is 7.02. The Kier molecular flexibility index (Phi) is 5.76. The summed E-state index contributed by atoms with van der Waals surface area (Å²) in [5.41, 5.74) is 2.31. The van der Waals surface area contributed by atoms with E-state index < -0.39 is 0 Å². The lowest BCUT2D eigenvalue weighted by atomic mass is 10.1. The molecule has 2 aromatic rings. The van der Waals surface area contributed by atoms with Crippen molar-refractivity contribution in [1.29, 1.82) is 0 Å². The number of hydrogen-bond donors (Lipinski definition) is 0. The van der Waals surface area contributed by atoms with E-state index in [1.807, 2.05) is 23.1 Å². The third-order valence-corrected chi connectivity index (χ3v) is 6.55. The van der Waals surface area contributed by atoms with Gasteiger partial charge in [0.25, 0.3) is 5.91 Å². The number of carbonyl (C=O) groups excluding carboxylic acids is 1. The van der Waals surface area contributed by atoms with E-state index in [2.05, 4.69) is 23.1 Å². The summed E-state index contributed by atoms with van der Waals surface area (Å²) in [6.07, 6.45) is 2.10. The fraction of sp³-hybridized carbons (Fsp3) is 0.476. The lowest BCUT2D eigenvalue weighted by molar-refractivity contribution is 0.0353. The van der Waals surface area contributed by atoms with Crippen LogP contribution < -0.4 is 4.90 Å². The maximum absolute atomic E-state index is 13.1. The highest BCUT2D eigenvalue weighted by Gasteiger charge is 2.27. The van der Waals surface area contributed by atoms with Gasteiger partial charge in [-0.2, -0.15) is 0 Å². The van der Waals surface area contributed by atoms with E-state index in [1.54, 1.807) is 18.4 Å². The van der Waals surface area contributed by atoms with Crippen molar-refractivity contribution in [2.24, 2.45) is 0 Å². The zero-order valence-corrected chi connectivity index (χ0v) is 16.5. The zero-order valence-electron chi connectivity index (χ0n) is 15.7. The van der Waals surface area contributed by atoms with Crippen LogP contribution in [0.5, 0.6) is 0 Å². The van der Waals surface area contributed by atoms with Crippen LogP contribution in [0.25, 0.3) is 11.1 Å². The molecule has 2 saturated heterocycles. The smallest absolute Gasteiger partial charge is 0.264 e. The molecular weight excluding hydrogens is 360 g/mol. The Labute approximate surface area is 164 Å². The van der Waals surface area contributed by atoms with Crippen molar-refractivity contribution in [3.8, 4) is 11.1 Å². The Hall–Kier alpha value is -1.89. The fourth-order valence-electron chi connectivity index (χ4n) is 3.76. The lowest BCUT2D eigenvalue weighted by Crippen LogP contribution is -2.40.